The Bertz CT molecular complexity index is 496. The highest BCUT2D eigenvalue weighted by molar-refractivity contribution is 9.10. The molecule has 0 aliphatic rings. The standard InChI is InChI=1S/C17H22BrNO2/c1-14(12-15-5-7-16(18)8-6-15)19-9-3-10-20-13-17-4-2-11-21-17/h2,4-8,11,14,19H,3,9-10,12-13H2,1H3. The average molecular weight is 352 g/mol. The molecule has 0 saturated carbocycles. The number of hydrogen-bond acceptors (Lipinski definition) is 3. The van der Waals surface area contributed by atoms with Crippen LogP contribution in [-0.2, 0) is 17.8 Å². The largest absolute Gasteiger partial charge is 0.467 e. The lowest BCUT2D eigenvalue weighted by atomic mass is 10.1. The third-order valence-electron chi connectivity index (χ3n) is 3.24. The Morgan fingerprint density at radius 2 is 2.05 bits per heavy atom. The molecule has 0 radical (unpaired) electrons. The van der Waals surface area contributed by atoms with Crippen molar-refractivity contribution in [1.82, 2.24) is 5.32 Å². The molecule has 0 aliphatic carbocycles. The van der Waals surface area contributed by atoms with E-state index in [-0.39, 0.29) is 0 Å². The zero-order valence-electron chi connectivity index (χ0n) is 12.3. The van der Waals surface area contributed by atoms with E-state index in [2.05, 4.69) is 52.4 Å². The molecule has 1 heterocycles. The van der Waals surface area contributed by atoms with E-state index >= 15 is 0 Å². The van der Waals surface area contributed by atoms with Gasteiger partial charge in [0.1, 0.15) is 12.4 Å². The number of benzene rings is 1. The van der Waals surface area contributed by atoms with Crippen molar-refractivity contribution in [1.29, 1.82) is 0 Å². The number of nitrogens with one attached hydrogen (secondary N) is 1. The fourth-order valence-electron chi connectivity index (χ4n) is 2.14. The zero-order chi connectivity index (χ0) is 14.9. The molecule has 0 amide bonds. The van der Waals surface area contributed by atoms with Gasteiger partial charge in [-0.2, -0.15) is 0 Å². The molecule has 0 saturated heterocycles. The molecule has 0 fully saturated rings. The number of hydrogen-bond donors (Lipinski definition) is 1. The van der Waals surface area contributed by atoms with Crippen LogP contribution in [0.2, 0.25) is 0 Å². The van der Waals surface area contributed by atoms with E-state index in [9.17, 15) is 0 Å². The molecule has 2 rings (SSSR count). The Balaban J connectivity index is 1.52. The number of ether oxygens (including phenoxy) is 1. The summed E-state index contributed by atoms with van der Waals surface area (Å²) in [7, 11) is 0. The van der Waals surface area contributed by atoms with E-state index in [0.29, 0.717) is 12.6 Å². The second-order valence-electron chi connectivity index (χ2n) is 5.17. The SMILES string of the molecule is CC(Cc1ccc(Br)cc1)NCCCOCc1ccco1. The third-order valence-corrected chi connectivity index (χ3v) is 3.77. The van der Waals surface area contributed by atoms with Gasteiger partial charge in [-0.1, -0.05) is 28.1 Å². The predicted molar refractivity (Wildman–Crippen MR) is 88.3 cm³/mol. The van der Waals surface area contributed by atoms with Crippen molar-refractivity contribution >= 4 is 15.9 Å². The van der Waals surface area contributed by atoms with E-state index < -0.39 is 0 Å². The maximum atomic E-state index is 5.55. The van der Waals surface area contributed by atoms with Crippen LogP contribution < -0.4 is 5.32 Å². The van der Waals surface area contributed by atoms with Crippen LogP contribution >= 0.6 is 15.9 Å². The normalized spacial score (nSPS) is 12.5. The van der Waals surface area contributed by atoms with Gasteiger partial charge in [0.05, 0.1) is 6.26 Å². The zero-order valence-corrected chi connectivity index (χ0v) is 13.9. The van der Waals surface area contributed by atoms with Crippen molar-refractivity contribution in [3.8, 4) is 0 Å². The first-order valence-corrected chi connectivity index (χ1v) is 8.11. The maximum Gasteiger partial charge on any atom is 0.129 e. The fourth-order valence-corrected chi connectivity index (χ4v) is 2.40. The van der Waals surface area contributed by atoms with Gasteiger partial charge in [0.25, 0.3) is 0 Å². The monoisotopic (exact) mass is 351 g/mol. The van der Waals surface area contributed by atoms with Crippen molar-refractivity contribution < 1.29 is 9.15 Å². The first-order valence-electron chi connectivity index (χ1n) is 7.32. The van der Waals surface area contributed by atoms with Gasteiger partial charge in [0, 0.05) is 17.1 Å². The lowest BCUT2D eigenvalue weighted by molar-refractivity contribution is 0.104. The molecule has 1 aromatic carbocycles. The number of furan rings is 1. The molecule has 1 N–H and O–H groups in total. The van der Waals surface area contributed by atoms with Gasteiger partial charge in [-0.15, -0.1) is 0 Å². The Morgan fingerprint density at radius 3 is 2.76 bits per heavy atom. The fraction of sp³-hybridized carbons (Fsp3) is 0.412. The molecule has 21 heavy (non-hydrogen) atoms. The lowest BCUT2D eigenvalue weighted by Crippen LogP contribution is -2.29. The topological polar surface area (TPSA) is 34.4 Å². The van der Waals surface area contributed by atoms with Crippen molar-refractivity contribution in [3.63, 3.8) is 0 Å². The first-order chi connectivity index (χ1) is 10.2. The van der Waals surface area contributed by atoms with E-state index in [1.807, 2.05) is 12.1 Å². The summed E-state index contributed by atoms with van der Waals surface area (Å²) in [6.45, 7) is 4.49. The second kappa shape index (κ2) is 9.03. The van der Waals surface area contributed by atoms with E-state index in [4.69, 9.17) is 9.15 Å². The van der Waals surface area contributed by atoms with Gasteiger partial charge in [-0.25, -0.2) is 0 Å². The smallest absolute Gasteiger partial charge is 0.129 e. The number of rotatable bonds is 9. The van der Waals surface area contributed by atoms with Crippen LogP contribution in [0, 0.1) is 0 Å². The van der Waals surface area contributed by atoms with Crippen molar-refractivity contribution in [2.75, 3.05) is 13.2 Å². The van der Waals surface area contributed by atoms with Crippen LogP contribution in [0.1, 0.15) is 24.7 Å². The number of halogens is 1. The highest BCUT2D eigenvalue weighted by atomic mass is 79.9. The molecule has 1 aromatic heterocycles. The molecular formula is C17H22BrNO2. The summed E-state index contributed by atoms with van der Waals surface area (Å²) >= 11 is 3.46. The Morgan fingerprint density at radius 1 is 1.24 bits per heavy atom. The molecule has 4 heteroatoms. The van der Waals surface area contributed by atoms with E-state index in [0.717, 1.165) is 36.2 Å². The second-order valence-corrected chi connectivity index (χ2v) is 6.09. The average Bonchev–Trinajstić information content (AvgIpc) is 2.98. The summed E-state index contributed by atoms with van der Waals surface area (Å²) in [5.74, 6) is 0.881. The van der Waals surface area contributed by atoms with Crippen LogP contribution in [0.3, 0.4) is 0 Å². The molecule has 1 atom stereocenters. The Kier molecular flexibility index (Phi) is 7.00. The van der Waals surface area contributed by atoms with Crippen molar-refractivity contribution in [2.45, 2.75) is 32.4 Å². The van der Waals surface area contributed by atoms with Gasteiger partial charge in [-0.05, 0) is 56.1 Å². The van der Waals surface area contributed by atoms with Crippen molar-refractivity contribution in [3.05, 3.63) is 58.5 Å². The minimum absolute atomic E-state index is 0.469. The van der Waals surface area contributed by atoms with Crippen LogP contribution in [-0.4, -0.2) is 19.2 Å². The van der Waals surface area contributed by atoms with Crippen LogP contribution in [0.25, 0.3) is 0 Å². The summed E-state index contributed by atoms with van der Waals surface area (Å²) in [6, 6.07) is 12.8. The predicted octanol–water partition coefficient (Wildman–Crippen LogP) is 4.17. The third kappa shape index (κ3) is 6.46. The lowest BCUT2D eigenvalue weighted by Gasteiger charge is -2.14. The Hall–Kier alpha value is -1.10. The molecular weight excluding hydrogens is 330 g/mol. The van der Waals surface area contributed by atoms with E-state index in [1.54, 1.807) is 6.26 Å². The summed E-state index contributed by atoms with van der Waals surface area (Å²) < 4.78 is 11.9. The highest BCUT2D eigenvalue weighted by Crippen LogP contribution is 2.11. The van der Waals surface area contributed by atoms with Gasteiger partial charge >= 0.3 is 0 Å². The minimum Gasteiger partial charge on any atom is -0.467 e. The van der Waals surface area contributed by atoms with Gasteiger partial charge in [-0.3, -0.25) is 0 Å². The molecule has 1 unspecified atom stereocenters. The first kappa shape index (κ1) is 16.3. The van der Waals surface area contributed by atoms with Crippen LogP contribution in [0.15, 0.2) is 51.6 Å². The molecule has 0 spiro atoms. The molecule has 0 bridgehead atoms. The van der Waals surface area contributed by atoms with Gasteiger partial charge in [0.15, 0.2) is 0 Å². The molecule has 0 aliphatic heterocycles. The summed E-state index contributed by atoms with van der Waals surface area (Å²) in [5, 5.41) is 3.52. The molecule has 3 nitrogen and oxygen atoms in total. The molecule has 2 aromatic rings. The minimum atomic E-state index is 0.469. The van der Waals surface area contributed by atoms with Gasteiger partial charge in [0.2, 0.25) is 0 Å². The van der Waals surface area contributed by atoms with Crippen molar-refractivity contribution in [2.24, 2.45) is 0 Å². The van der Waals surface area contributed by atoms with Gasteiger partial charge < -0.3 is 14.5 Å². The van der Waals surface area contributed by atoms with Crippen LogP contribution in [0.5, 0.6) is 0 Å². The summed E-state index contributed by atoms with van der Waals surface area (Å²) in [4.78, 5) is 0. The quantitative estimate of drug-likeness (QED) is 0.688. The maximum absolute atomic E-state index is 5.55. The van der Waals surface area contributed by atoms with Crippen LogP contribution in [0.4, 0.5) is 0 Å². The molecule has 114 valence electrons. The Labute approximate surface area is 134 Å². The highest BCUT2D eigenvalue weighted by Gasteiger charge is 2.03. The summed E-state index contributed by atoms with van der Waals surface area (Å²) in [6.07, 6.45) is 3.72. The summed E-state index contributed by atoms with van der Waals surface area (Å²) in [5.41, 5.74) is 1.35. The van der Waals surface area contributed by atoms with E-state index in [1.165, 1.54) is 5.56 Å².